The van der Waals surface area contributed by atoms with Crippen molar-refractivity contribution in [2.45, 2.75) is 12.5 Å². The highest BCUT2D eigenvalue weighted by molar-refractivity contribution is 5.86. The summed E-state index contributed by atoms with van der Waals surface area (Å²) in [4.78, 5) is 12.3. The van der Waals surface area contributed by atoms with Gasteiger partial charge in [-0.25, -0.2) is 0 Å². The molecule has 0 N–H and O–H groups in total. The number of hydrogen-bond donors (Lipinski definition) is 0. The van der Waals surface area contributed by atoms with Gasteiger partial charge in [0.25, 0.3) is 6.10 Å². The Morgan fingerprint density at radius 2 is 1.48 bits per heavy atom. The summed E-state index contributed by atoms with van der Waals surface area (Å²) in [6.07, 6.45) is -1.38. The van der Waals surface area contributed by atoms with Gasteiger partial charge in [-0.3, -0.25) is 15.1 Å². The van der Waals surface area contributed by atoms with Gasteiger partial charge in [-0.2, -0.15) is 0 Å². The van der Waals surface area contributed by atoms with E-state index in [4.69, 9.17) is 0 Å². The highest BCUT2D eigenvalue weighted by Crippen LogP contribution is 2.18. The summed E-state index contributed by atoms with van der Waals surface area (Å²) in [6.45, 7) is 0. The Kier molecular flexibility index (Phi) is 5.43. The third-order valence-corrected chi connectivity index (χ3v) is 3.95. The molecule has 0 aromatic heterocycles. The van der Waals surface area contributed by atoms with Gasteiger partial charge in [-0.1, -0.05) is 60.7 Å². The fraction of sp³-hybridized carbons (Fsp3) is 0.133. The zero-order valence-electron chi connectivity index (χ0n) is 11.0. The molecule has 1 atom stereocenters. The van der Waals surface area contributed by atoms with E-state index in [1.807, 2.05) is 6.07 Å². The van der Waals surface area contributed by atoms with Gasteiger partial charge >= 0.3 is 20.1 Å². The summed E-state index contributed by atoms with van der Waals surface area (Å²) in [5.41, 5.74) is 1.08. The quantitative estimate of drug-likeness (QED) is 0.469. The van der Waals surface area contributed by atoms with Crippen LogP contribution in [0.1, 0.15) is 17.2 Å². The molecule has 2 aromatic rings. The third-order valence-electron chi connectivity index (χ3n) is 2.81. The summed E-state index contributed by atoms with van der Waals surface area (Å²) in [7, 11) is 0. The summed E-state index contributed by atoms with van der Waals surface area (Å²) >= 11 is -5.98. The molecule has 0 fully saturated rings. The standard InChI is InChI=1S/C15H13IO5/c17-14(11-12-7-3-1-4-8-12)15(21-16(18,19)20)13-9-5-2-6-10-13/h1-10,15H,11H2. The average Bonchev–Trinajstić information content (AvgIpc) is 2.46. The molecule has 2 aromatic carbocycles. The lowest BCUT2D eigenvalue weighted by Crippen LogP contribution is -4.24. The molecule has 0 radical (unpaired) electrons. The molecule has 0 aliphatic heterocycles. The Balaban J connectivity index is 2.21. The Hall–Kier alpha value is -1.32. The van der Waals surface area contributed by atoms with E-state index in [1.165, 1.54) is 0 Å². The molecule has 2 rings (SSSR count). The lowest BCUT2D eigenvalue weighted by Gasteiger charge is -2.14. The van der Waals surface area contributed by atoms with Crippen LogP contribution in [-0.2, 0) is 14.3 Å². The van der Waals surface area contributed by atoms with Crippen LogP contribution in [0.15, 0.2) is 60.7 Å². The highest BCUT2D eigenvalue weighted by atomic mass is 127. The Morgan fingerprint density at radius 1 is 0.952 bits per heavy atom. The Labute approximate surface area is 128 Å². The van der Waals surface area contributed by atoms with Crippen molar-refractivity contribution >= 4 is 5.78 Å². The van der Waals surface area contributed by atoms with Crippen LogP contribution < -0.4 is 30.4 Å². The molecule has 0 amide bonds. The van der Waals surface area contributed by atoms with Crippen molar-refractivity contribution in [2.24, 2.45) is 0 Å². The van der Waals surface area contributed by atoms with E-state index in [1.54, 1.807) is 54.6 Å². The van der Waals surface area contributed by atoms with Crippen LogP contribution >= 0.6 is 0 Å². The molecule has 0 spiro atoms. The average molecular weight is 400 g/mol. The molecule has 0 bridgehead atoms. The minimum atomic E-state index is -5.98. The van der Waals surface area contributed by atoms with Crippen molar-refractivity contribution in [2.75, 3.05) is 0 Å². The lowest BCUT2D eigenvalue weighted by atomic mass is 10.0. The first-order valence-electron chi connectivity index (χ1n) is 6.16. The lowest BCUT2D eigenvalue weighted by molar-refractivity contribution is -1.92. The zero-order chi connectivity index (χ0) is 15.3. The number of carbonyl (C=O) groups excluding carboxylic acids is 1. The largest absolute Gasteiger partial charge is 0.374 e. The van der Waals surface area contributed by atoms with Crippen LogP contribution in [0, 0.1) is 0 Å². The predicted molar refractivity (Wildman–Crippen MR) is 65.4 cm³/mol. The summed E-state index contributed by atoms with van der Waals surface area (Å²) in [5, 5.41) is 0. The molecular formula is C15H13IO5. The van der Waals surface area contributed by atoms with Gasteiger partial charge in [0, 0.05) is 15.1 Å². The molecular weight excluding hydrogens is 387 g/mol. The molecule has 0 saturated carbocycles. The van der Waals surface area contributed by atoms with Gasteiger partial charge in [0.1, 0.15) is 0 Å². The fourth-order valence-electron chi connectivity index (χ4n) is 1.91. The van der Waals surface area contributed by atoms with Crippen molar-refractivity contribution in [3.63, 3.8) is 0 Å². The second kappa shape index (κ2) is 7.10. The molecule has 0 saturated heterocycles. The summed E-state index contributed by atoms with van der Waals surface area (Å²) in [5.74, 6) is -0.470. The molecule has 0 aliphatic rings. The van der Waals surface area contributed by atoms with E-state index in [2.05, 4.69) is 3.07 Å². The van der Waals surface area contributed by atoms with Gasteiger partial charge < -0.3 is 0 Å². The van der Waals surface area contributed by atoms with E-state index in [0.29, 0.717) is 5.56 Å². The highest BCUT2D eigenvalue weighted by Gasteiger charge is 2.39. The molecule has 1 unspecified atom stereocenters. The first kappa shape index (κ1) is 16.1. The predicted octanol–water partition coefficient (Wildman–Crippen LogP) is -3.54. The van der Waals surface area contributed by atoms with E-state index in [0.717, 1.165) is 5.56 Å². The number of Topliss-reactive ketones (excluding diaryl/α,β-unsaturated/α-hetero) is 1. The minimum Gasteiger partial charge on any atom is -0.295 e. The first-order valence-corrected chi connectivity index (χ1v) is 9.69. The number of ketones is 1. The second-order valence-corrected chi connectivity index (χ2v) is 7.05. The number of benzene rings is 2. The minimum absolute atomic E-state index is 0.00247. The van der Waals surface area contributed by atoms with E-state index < -0.39 is 32.0 Å². The number of halogens is 1. The molecule has 6 heteroatoms. The summed E-state index contributed by atoms with van der Waals surface area (Å²) in [6, 6.07) is 17.0. The van der Waals surface area contributed by atoms with Crippen LogP contribution in [-0.4, -0.2) is 5.78 Å². The van der Waals surface area contributed by atoms with Crippen LogP contribution in [0.4, 0.5) is 0 Å². The maximum atomic E-state index is 12.3. The van der Waals surface area contributed by atoms with Crippen LogP contribution in [0.25, 0.3) is 0 Å². The van der Waals surface area contributed by atoms with Gasteiger partial charge in [-0.05, 0) is 5.56 Å². The summed E-state index contributed by atoms with van der Waals surface area (Å²) < 4.78 is 37.3. The first-order chi connectivity index (χ1) is 9.96. The van der Waals surface area contributed by atoms with Crippen molar-refractivity contribution < 1.29 is 38.3 Å². The van der Waals surface area contributed by atoms with E-state index in [-0.39, 0.29) is 6.42 Å². The number of hydrogen-bond acceptors (Lipinski definition) is 5. The molecule has 0 heterocycles. The molecule has 21 heavy (non-hydrogen) atoms. The normalized spacial score (nSPS) is 12.9. The van der Waals surface area contributed by atoms with Crippen LogP contribution in [0.2, 0.25) is 0 Å². The zero-order valence-corrected chi connectivity index (χ0v) is 13.1. The monoisotopic (exact) mass is 400 g/mol. The third kappa shape index (κ3) is 5.18. The number of rotatable bonds is 6. The molecule has 110 valence electrons. The van der Waals surface area contributed by atoms with Crippen LogP contribution in [0.3, 0.4) is 0 Å². The number of carbonyl (C=O) groups is 1. The van der Waals surface area contributed by atoms with Crippen molar-refractivity contribution in [1.29, 1.82) is 0 Å². The second-order valence-electron chi connectivity index (χ2n) is 4.39. The topological polar surface area (TPSA) is 95.5 Å². The SMILES string of the molecule is O=C(Cc1ccccc1)C(O[I+3]([O-])([O-])[O-])c1ccccc1. The van der Waals surface area contributed by atoms with Crippen LogP contribution in [0.5, 0.6) is 0 Å². The van der Waals surface area contributed by atoms with Gasteiger partial charge in [0.05, 0.1) is 0 Å². The van der Waals surface area contributed by atoms with Crippen molar-refractivity contribution in [3.8, 4) is 0 Å². The van der Waals surface area contributed by atoms with Gasteiger partial charge in [0.15, 0.2) is 5.78 Å². The maximum Gasteiger partial charge on any atom is 0.374 e. The van der Waals surface area contributed by atoms with E-state index in [9.17, 15) is 15.1 Å². The fourth-order valence-corrected chi connectivity index (χ4v) is 3.11. The maximum absolute atomic E-state index is 12.3. The smallest absolute Gasteiger partial charge is 0.295 e. The van der Waals surface area contributed by atoms with Gasteiger partial charge in [-0.15, -0.1) is 0 Å². The van der Waals surface area contributed by atoms with Crippen molar-refractivity contribution in [1.82, 2.24) is 0 Å². The Bertz CT molecular complexity index is 580. The molecule has 0 aliphatic carbocycles. The van der Waals surface area contributed by atoms with Crippen molar-refractivity contribution in [3.05, 3.63) is 71.8 Å². The Morgan fingerprint density at radius 3 is 2.00 bits per heavy atom. The molecule has 5 nitrogen and oxygen atoms in total. The van der Waals surface area contributed by atoms with Gasteiger partial charge in [0.2, 0.25) is 0 Å². The van der Waals surface area contributed by atoms with E-state index >= 15 is 0 Å².